The molecule has 0 saturated carbocycles. The number of aromatic hydroxyl groups is 1. The van der Waals surface area contributed by atoms with E-state index in [0.717, 1.165) is 27.9 Å². The van der Waals surface area contributed by atoms with Crippen LogP contribution >= 0.6 is 0 Å². The lowest BCUT2D eigenvalue weighted by molar-refractivity contribution is 0.201. The summed E-state index contributed by atoms with van der Waals surface area (Å²) in [6, 6.07) is 7.60. The summed E-state index contributed by atoms with van der Waals surface area (Å²) in [6.07, 6.45) is 3.88. The van der Waals surface area contributed by atoms with Crippen LogP contribution in [0.5, 0.6) is 5.88 Å². The van der Waals surface area contributed by atoms with Gasteiger partial charge < -0.3 is 10.2 Å². The largest absolute Gasteiger partial charge is 0.494 e. The molecule has 0 amide bonds. The highest BCUT2D eigenvalue weighted by Gasteiger charge is 2.16. The van der Waals surface area contributed by atoms with Crippen molar-refractivity contribution < 1.29 is 10.2 Å². The summed E-state index contributed by atoms with van der Waals surface area (Å²) in [7, 11) is 0. The van der Waals surface area contributed by atoms with Crippen molar-refractivity contribution in [1.29, 1.82) is 0 Å². The van der Waals surface area contributed by atoms with Crippen LogP contribution in [-0.4, -0.2) is 20.5 Å². The van der Waals surface area contributed by atoms with Crippen LogP contribution in [-0.2, 0) is 6.73 Å². The minimum Gasteiger partial charge on any atom is -0.494 e. The van der Waals surface area contributed by atoms with Gasteiger partial charge in [-0.05, 0) is 37.6 Å². The highest BCUT2D eigenvalue weighted by atomic mass is 16.3. The van der Waals surface area contributed by atoms with E-state index in [9.17, 15) is 10.2 Å². The van der Waals surface area contributed by atoms with E-state index in [2.05, 4.69) is 4.99 Å². The van der Waals surface area contributed by atoms with Gasteiger partial charge in [-0.3, -0.25) is 9.56 Å². The lowest BCUT2D eigenvalue weighted by atomic mass is 10.1. The maximum atomic E-state index is 10.3. The van der Waals surface area contributed by atoms with Gasteiger partial charge in [-0.15, -0.1) is 0 Å². The van der Waals surface area contributed by atoms with Crippen LogP contribution in [0.1, 0.15) is 19.4 Å². The van der Waals surface area contributed by atoms with Gasteiger partial charge in [0.1, 0.15) is 6.73 Å². The third-order valence-electron chi connectivity index (χ3n) is 3.53. The Hall–Kier alpha value is -2.33. The maximum absolute atomic E-state index is 10.3. The number of rotatable bonds is 2. The molecule has 1 aliphatic rings. The molecule has 3 rings (SSSR count). The molecule has 102 valence electrons. The third kappa shape index (κ3) is 1.85. The van der Waals surface area contributed by atoms with E-state index < -0.39 is 0 Å². The Bertz CT molecular complexity index is 779. The Balaban J connectivity index is 2.25. The van der Waals surface area contributed by atoms with Crippen LogP contribution < -0.4 is 0 Å². The number of hydrogen-bond donors (Lipinski definition) is 2. The van der Waals surface area contributed by atoms with Crippen molar-refractivity contribution in [1.82, 2.24) is 4.57 Å². The monoisotopic (exact) mass is 268 g/mol. The van der Waals surface area contributed by atoms with Crippen LogP contribution in [0.15, 0.2) is 46.6 Å². The van der Waals surface area contributed by atoms with E-state index in [1.807, 2.05) is 50.3 Å². The zero-order valence-electron chi connectivity index (χ0n) is 11.5. The van der Waals surface area contributed by atoms with E-state index in [4.69, 9.17) is 0 Å². The Morgan fingerprint density at radius 3 is 2.65 bits per heavy atom. The Labute approximate surface area is 117 Å². The van der Waals surface area contributed by atoms with Crippen LogP contribution in [0.25, 0.3) is 17.0 Å². The molecule has 0 saturated heterocycles. The Morgan fingerprint density at radius 2 is 2.00 bits per heavy atom. The van der Waals surface area contributed by atoms with E-state index in [0.29, 0.717) is 5.56 Å². The summed E-state index contributed by atoms with van der Waals surface area (Å²) in [5.41, 5.74) is 4.37. The average Bonchev–Trinajstić information content (AvgIpc) is 2.88. The normalized spacial score (nSPS) is 16.9. The van der Waals surface area contributed by atoms with Gasteiger partial charge in [-0.25, -0.2) is 0 Å². The molecule has 1 aromatic heterocycles. The van der Waals surface area contributed by atoms with Crippen molar-refractivity contribution in [2.75, 3.05) is 0 Å². The Morgan fingerprint density at radius 1 is 1.25 bits per heavy atom. The minimum atomic E-state index is -0.257. The fourth-order valence-electron chi connectivity index (χ4n) is 2.58. The summed E-state index contributed by atoms with van der Waals surface area (Å²) < 4.78 is 1.48. The molecule has 0 spiro atoms. The molecule has 1 aliphatic heterocycles. The number of aliphatic hydroxyl groups excluding tert-OH is 1. The molecule has 0 bridgehead atoms. The highest BCUT2D eigenvalue weighted by molar-refractivity contribution is 6.00. The molecule has 1 aromatic carbocycles. The predicted molar refractivity (Wildman–Crippen MR) is 80.7 cm³/mol. The van der Waals surface area contributed by atoms with Gasteiger partial charge in [0.05, 0.1) is 11.2 Å². The van der Waals surface area contributed by atoms with Gasteiger partial charge in [0, 0.05) is 16.7 Å². The quantitative estimate of drug-likeness (QED) is 0.879. The molecular weight excluding hydrogens is 252 g/mol. The first-order valence-electron chi connectivity index (χ1n) is 6.48. The number of para-hydroxylation sites is 1. The summed E-state index contributed by atoms with van der Waals surface area (Å²) in [4.78, 5) is 4.45. The van der Waals surface area contributed by atoms with Gasteiger partial charge >= 0.3 is 0 Å². The molecule has 0 unspecified atom stereocenters. The number of aliphatic hydroxyl groups is 1. The van der Waals surface area contributed by atoms with Crippen LogP contribution in [0.2, 0.25) is 0 Å². The first-order valence-corrected chi connectivity index (χ1v) is 6.48. The van der Waals surface area contributed by atoms with Gasteiger partial charge in [0.15, 0.2) is 0 Å². The number of aliphatic imine (C=N–C) groups is 1. The highest BCUT2D eigenvalue weighted by Crippen LogP contribution is 2.34. The molecule has 4 nitrogen and oxygen atoms in total. The molecule has 0 atom stereocenters. The van der Waals surface area contributed by atoms with Crippen molar-refractivity contribution in [3.05, 3.63) is 47.2 Å². The summed E-state index contributed by atoms with van der Waals surface area (Å²) in [5, 5.41) is 20.6. The van der Waals surface area contributed by atoms with Crippen molar-refractivity contribution in [3.8, 4) is 5.88 Å². The number of hydrogen-bond acceptors (Lipinski definition) is 3. The lowest BCUT2D eigenvalue weighted by Gasteiger charge is -2.01. The fraction of sp³-hybridized carbons (Fsp3) is 0.188. The molecule has 0 radical (unpaired) electrons. The Kier molecular flexibility index (Phi) is 2.95. The van der Waals surface area contributed by atoms with E-state index in [1.54, 1.807) is 0 Å². The summed E-state index contributed by atoms with van der Waals surface area (Å²) in [6.45, 7) is 3.68. The standard InChI is InChI=1S/C16H16N2O2/c1-10-7-11(2)17-14(10)8-13-12-5-3-4-6-15(12)18(9-19)16(13)20/h3-8,19-20H,9H2,1-2H3/b14-8+. The SMILES string of the molecule is CC1=CC(C)=N/C1=C/c1c(O)n(CO)c2ccccc12. The smallest absolute Gasteiger partial charge is 0.201 e. The van der Waals surface area contributed by atoms with Gasteiger partial charge in [0.25, 0.3) is 0 Å². The first-order chi connectivity index (χ1) is 9.61. The maximum Gasteiger partial charge on any atom is 0.201 e. The van der Waals surface area contributed by atoms with Crippen LogP contribution in [0.4, 0.5) is 0 Å². The topological polar surface area (TPSA) is 57.8 Å². The van der Waals surface area contributed by atoms with Gasteiger partial charge in [-0.2, -0.15) is 0 Å². The lowest BCUT2D eigenvalue weighted by Crippen LogP contribution is -1.94. The molecule has 2 heterocycles. The molecule has 20 heavy (non-hydrogen) atoms. The second-order valence-electron chi connectivity index (χ2n) is 4.93. The third-order valence-corrected chi connectivity index (χ3v) is 3.53. The van der Waals surface area contributed by atoms with Crippen molar-refractivity contribution in [3.63, 3.8) is 0 Å². The van der Waals surface area contributed by atoms with E-state index >= 15 is 0 Å². The fourth-order valence-corrected chi connectivity index (χ4v) is 2.58. The first kappa shape index (κ1) is 12.7. The molecule has 2 N–H and O–H groups in total. The van der Waals surface area contributed by atoms with Crippen molar-refractivity contribution >= 4 is 22.7 Å². The van der Waals surface area contributed by atoms with E-state index in [1.165, 1.54) is 4.57 Å². The molecular formula is C16H16N2O2. The van der Waals surface area contributed by atoms with Crippen LogP contribution in [0, 0.1) is 0 Å². The molecule has 0 aliphatic carbocycles. The molecule has 2 aromatic rings. The van der Waals surface area contributed by atoms with Crippen molar-refractivity contribution in [2.45, 2.75) is 20.6 Å². The van der Waals surface area contributed by atoms with Crippen LogP contribution in [0.3, 0.4) is 0 Å². The van der Waals surface area contributed by atoms with Crippen molar-refractivity contribution in [2.24, 2.45) is 4.99 Å². The second-order valence-corrected chi connectivity index (χ2v) is 4.93. The molecule has 0 fully saturated rings. The van der Waals surface area contributed by atoms with E-state index in [-0.39, 0.29) is 12.6 Å². The van der Waals surface area contributed by atoms with Gasteiger partial charge in [0.2, 0.25) is 5.88 Å². The predicted octanol–water partition coefficient (Wildman–Crippen LogP) is 3.06. The molecule has 4 heteroatoms. The number of aromatic nitrogens is 1. The zero-order valence-corrected chi connectivity index (χ0v) is 11.5. The van der Waals surface area contributed by atoms with Gasteiger partial charge in [-0.1, -0.05) is 18.2 Å². The number of benzene rings is 1. The number of nitrogens with zero attached hydrogens (tertiary/aromatic N) is 2. The minimum absolute atomic E-state index is 0.0637. The summed E-state index contributed by atoms with van der Waals surface area (Å²) in [5.74, 6) is 0.0637. The average molecular weight is 268 g/mol. The summed E-state index contributed by atoms with van der Waals surface area (Å²) >= 11 is 0. The second kappa shape index (κ2) is 4.65. The zero-order chi connectivity index (χ0) is 14.3. The number of fused-ring (bicyclic) bond motifs is 1. The number of allylic oxidation sites excluding steroid dienone is 2.